The fourth-order valence-corrected chi connectivity index (χ4v) is 3.72. The van der Waals surface area contributed by atoms with Gasteiger partial charge in [0.2, 0.25) is 0 Å². The van der Waals surface area contributed by atoms with Crippen LogP contribution in [-0.4, -0.2) is 27.0 Å². The summed E-state index contributed by atoms with van der Waals surface area (Å²) in [4.78, 5) is 12.6. The average molecular weight is 412 g/mol. The third-order valence-corrected chi connectivity index (χ3v) is 5.56. The van der Waals surface area contributed by atoms with Gasteiger partial charge in [-0.1, -0.05) is 42.5 Å². The van der Waals surface area contributed by atoms with Crippen molar-refractivity contribution < 1.29 is 35.3 Å². The summed E-state index contributed by atoms with van der Waals surface area (Å²) >= 11 is 0. The molecule has 1 unspecified atom stereocenters. The van der Waals surface area contributed by atoms with Crippen LogP contribution in [0.1, 0.15) is 18.1 Å². The largest absolute Gasteiger partial charge is 0.534 e. The number of methoxy groups -OCH3 is 1. The van der Waals surface area contributed by atoms with Gasteiger partial charge in [0.1, 0.15) is 11.2 Å². The molecule has 2 aromatic rings. The minimum Gasteiger partial charge on any atom is -0.468 e. The summed E-state index contributed by atoms with van der Waals surface area (Å²) in [7, 11) is -4.53. The zero-order valence-electron chi connectivity index (χ0n) is 14.8. The summed E-state index contributed by atoms with van der Waals surface area (Å²) in [5.74, 6) is -1.05. The van der Waals surface area contributed by atoms with Gasteiger partial charge in [0.15, 0.2) is 0 Å². The highest BCUT2D eigenvalue weighted by Gasteiger charge is 2.59. The lowest BCUT2D eigenvalue weighted by molar-refractivity contribution is -0.142. The molecular formula is C19H15F3O5S. The number of hydrogen-bond acceptors (Lipinski definition) is 5. The van der Waals surface area contributed by atoms with Crippen LogP contribution in [0.3, 0.4) is 0 Å². The first-order chi connectivity index (χ1) is 13.1. The van der Waals surface area contributed by atoms with Crippen LogP contribution in [0.25, 0.3) is 5.57 Å². The Morgan fingerprint density at radius 1 is 1.00 bits per heavy atom. The second kappa shape index (κ2) is 6.66. The van der Waals surface area contributed by atoms with Gasteiger partial charge in [-0.05, 0) is 41.3 Å². The van der Waals surface area contributed by atoms with E-state index in [1.807, 2.05) is 30.3 Å². The Bertz CT molecular complexity index is 1040. The molecule has 1 aliphatic carbocycles. The topological polar surface area (TPSA) is 69.7 Å². The van der Waals surface area contributed by atoms with Crippen LogP contribution < -0.4 is 4.18 Å². The first-order valence-corrected chi connectivity index (χ1v) is 9.43. The molecule has 1 aliphatic rings. The fraction of sp³-hybridized carbons (Fsp3) is 0.211. The number of esters is 1. The van der Waals surface area contributed by atoms with E-state index < -0.39 is 32.8 Å². The molecule has 0 aromatic heterocycles. The van der Waals surface area contributed by atoms with Crippen LogP contribution in [0.5, 0.6) is 5.75 Å². The molecule has 0 spiro atoms. The van der Waals surface area contributed by atoms with Crippen molar-refractivity contribution in [2.75, 3.05) is 7.11 Å². The predicted octanol–water partition coefficient (Wildman–Crippen LogP) is 3.81. The van der Waals surface area contributed by atoms with Crippen molar-refractivity contribution >= 4 is 21.7 Å². The Hall–Kier alpha value is -2.81. The van der Waals surface area contributed by atoms with E-state index in [0.717, 1.165) is 28.8 Å². The van der Waals surface area contributed by atoms with Crippen molar-refractivity contribution in [3.8, 4) is 5.75 Å². The summed E-state index contributed by atoms with van der Waals surface area (Å²) in [5, 5.41) is 0. The number of ether oxygens (including phenoxy) is 1. The highest BCUT2D eigenvalue weighted by Crippen LogP contribution is 2.60. The molecule has 148 valence electrons. The van der Waals surface area contributed by atoms with Crippen LogP contribution in [0, 0.1) is 0 Å². The molecule has 0 amide bonds. The first kappa shape index (κ1) is 19.9. The lowest BCUT2D eigenvalue weighted by Crippen LogP contribution is -2.28. The van der Waals surface area contributed by atoms with Gasteiger partial charge in [-0.3, -0.25) is 4.79 Å². The zero-order chi connectivity index (χ0) is 20.7. The van der Waals surface area contributed by atoms with E-state index in [9.17, 15) is 26.4 Å². The molecule has 0 N–H and O–H groups in total. The second-order valence-corrected chi connectivity index (χ2v) is 7.65. The molecule has 0 heterocycles. The van der Waals surface area contributed by atoms with Gasteiger partial charge in [-0.25, -0.2) is 0 Å². The molecule has 28 heavy (non-hydrogen) atoms. The van der Waals surface area contributed by atoms with Crippen molar-refractivity contribution in [2.45, 2.75) is 17.8 Å². The van der Waals surface area contributed by atoms with E-state index in [0.29, 0.717) is 5.56 Å². The van der Waals surface area contributed by atoms with Crippen molar-refractivity contribution in [3.05, 3.63) is 71.3 Å². The molecule has 3 rings (SSSR count). The third kappa shape index (κ3) is 3.05. The Morgan fingerprint density at radius 3 is 2.07 bits per heavy atom. The van der Waals surface area contributed by atoms with Gasteiger partial charge >= 0.3 is 21.6 Å². The monoisotopic (exact) mass is 412 g/mol. The molecule has 2 aromatic carbocycles. The third-order valence-electron chi connectivity index (χ3n) is 4.58. The summed E-state index contributed by atoms with van der Waals surface area (Å²) in [6, 6.07) is 13.9. The van der Waals surface area contributed by atoms with Gasteiger partial charge in [0.25, 0.3) is 0 Å². The Kier molecular flexibility index (Phi) is 4.74. The summed E-state index contributed by atoms with van der Waals surface area (Å²) in [6.45, 7) is 1.76. The molecular weight excluding hydrogens is 397 g/mol. The molecule has 0 radical (unpaired) electrons. The maximum Gasteiger partial charge on any atom is 0.534 e. The summed E-state index contributed by atoms with van der Waals surface area (Å²) in [5.41, 5.74) is -3.98. The van der Waals surface area contributed by atoms with Gasteiger partial charge in [0.05, 0.1) is 7.11 Å². The van der Waals surface area contributed by atoms with Gasteiger partial charge in [-0.2, -0.15) is 21.6 Å². The highest BCUT2D eigenvalue weighted by atomic mass is 32.2. The highest BCUT2D eigenvalue weighted by molar-refractivity contribution is 7.88. The summed E-state index contributed by atoms with van der Waals surface area (Å²) < 4.78 is 68.7. The van der Waals surface area contributed by atoms with Crippen LogP contribution in [0.4, 0.5) is 13.2 Å². The number of benzene rings is 2. The minimum atomic E-state index is -5.77. The van der Waals surface area contributed by atoms with Gasteiger partial charge < -0.3 is 8.92 Å². The normalized spacial score (nSPS) is 19.3. The zero-order valence-corrected chi connectivity index (χ0v) is 15.6. The summed E-state index contributed by atoms with van der Waals surface area (Å²) in [6.07, 6.45) is 0. The molecule has 0 fully saturated rings. The van der Waals surface area contributed by atoms with Gasteiger partial charge in [0, 0.05) is 0 Å². The average Bonchev–Trinajstić information content (AvgIpc) is 3.27. The van der Waals surface area contributed by atoms with Crippen molar-refractivity contribution in [2.24, 2.45) is 0 Å². The van der Waals surface area contributed by atoms with E-state index in [2.05, 4.69) is 4.18 Å². The first-order valence-electron chi connectivity index (χ1n) is 8.02. The maximum atomic E-state index is 12.6. The predicted molar refractivity (Wildman–Crippen MR) is 94.8 cm³/mol. The van der Waals surface area contributed by atoms with Crippen LogP contribution in [0.15, 0.2) is 60.2 Å². The van der Waals surface area contributed by atoms with Gasteiger partial charge in [-0.15, -0.1) is 0 Å². The molecule has 5 nitrogen and oxygen atoms in total. The molecule has 0 saturated carbocycles. The molecule has 1 atom stereocenters. The SMILES string of the molecule is COC(=O)C1(c2ccc(OS(=O)(=O)C(F)(F)F)cc2)C(C)=C1c1ccccc1. The number of carbonyl (C=O) groups excluding carboxylic acids is 1. The number of carbonyl (C=O) groups is 1. The van der Waals surface area contributed by atoms with E-state index in [-0.39, 0.29) is 0 Å². The van der Waals surface area contributed by atoms with E-state index in [4.69, 9.17) is 4.74 Å². The lowest BCUT2D eigenvalue weighted by Gasteiger charge is -2.19. The Morgan fingerprint density at radius 2 is 1.57 bits per heavy atom. The second-order valence-electron chi connectivity index (χ2n) is 6.12. The maximum absolute atomic E-state index is 12.6. The van der Waals surface area contributed by atoms with Crippen molar-refractivity contribution in [1.82, 2.24) is 0 Å². The fourth-order valence-electron chi connectivity index (χ4n) is 3.27. The molecule has 0 bridgehead atoms. The molecule has 9 heteroatoms. The van der Waals surface area contributed by atoms with E-state index in [1.54, 1.807) is 6.92 Å². The lowest BCUT2D eigenvalue weighted by atomic mass is 9.86. The molecule has 0 saturated heterocycles. The standard InChI is InChI=1S/C19H15F3O5S/c1-12-16(13-6-4-3-5-7-13)18(12,17(23)26-2)14-8-10-15(11-9-14)27-28(24,25)19(20,21)22/h3-11H,1-2H3. The number of halogens is 3. The number of rotatable bonds is 5. The molecule has 0 aliphatic heterocycles. The number of alkyl halides is 3. The van der Waals surface area contributed by atoms with Crippen LogP contribution >= 0.6 is 0 Å². The van der Waals surface area contributed by atoms with E-state index in [1.165, 1.54) is 19.2 Å². The van der Waals surface area contributed by atoms with E-state index >= 15 is 0 Å². The van der Waals surface area contributed by atoms with Crippen LogP contribution in [-0.2, 0) is 25.1 Å². The number of hydrogen-bond donors (Lipinski definition) is 0. The van der Waals surface area contributed by atoms with Crippen molar-refractivity contribution in [3.63, 3.8) is 0 Å². The Labute approximate surface area is 159 Å². The quantitative estimate of drug-likeness (QED) is 0.424. The Balaban J connectivity index is 1.96. The minimum absolute atomic E-state index is 0.437. The smallest absolute Gasteiger partial charge is 0.468 e. The van der Waals surface area contributed by atoms with Crippen molar-refractivity contribution in [1.29, 1.82) is 0 Å². The van der Waals surface area contributed by atoms with Crippen LogP contribution in [0.2, 0.25) is 0 Å².